The van der Waals surface area contributed by atoms with Crippen LogP contribution in [0.25, 0.3) is 0 Å². The Kier molecular flexibility index (Phi) is 5.19. The molecule has 130 valence electrons. The van der Waals surface area contributed by atoms with Crippen molar-refractivity contribution in [3.63, 3.8) is 0 Å². The molecule has 1 N–H and O–H groups in total. The normalized spacial score (nSPS) is 12.2. The van der Waals surface area contributed by atoms with Crippen molar-refractivity contribution in [2.45, 2.75) is 33.4 Å². The van der Waals surface area contributed by atoms with Crippen molar-refractivity contribution in [1.29, 1.82) is 0 Å². The largest absolute Gasteiger partial charge is 0.497 e. The van der Waals surface area contributed by atoms with Crippen molar-refractivity contribution in [1.82, 2.24) is 10.5 Å². The molecular formula is C21H24N2O2. The minimum absolute atomic E-state index is 0.0835. The van der Waals surface area contributed by atoms with E-state index < -0.39 is 0 Å². The molecule has 0 spiro atoms. The summed E-state index contributed by atoms with van der Waals surface area (Å²) in [5.41, 5.74) is 5.72. The zero-order chi connectivity index (χ0) is 17.8. The summed E-state index contributed by atoms with van der Waals surface area (Å²) in [7, 11) is 1.68. The predicted octanol–water partition coefficient (Wildman–Crippen LogP) is 4.49. The molecule has 0 amide bonds. The number of rotatable bonds is 6. The predicted molar refractivity (Wildman–Crippen MR) is 98.8 cm³/mol. The molecule has 0 aliphatic carbocycles. The van der Waals surface area contributed by atoms with Gasteiger partial charge in [-0.2, -0.15) is 0 Å². The molecule has 3 aromatic rings. The molecule has 0 saturated carbocycles. The van der Waals surface area contributed by atoms with Crippen molar-refractivity contribution < 1.29 is 9.26 Å². The fourth-order valence-corrected chi connectivity index (χ4v) is 2.94. The van der Waals surface area contributed by atoms with Gasteiger partial charge in [0, 0.05) is 12.1 Å². The third-order valence-corrected chi connectivity index (χ3v) is 4.52. The summed E-state index contributed by atoms with van der Waals surface area (Å²) < 4.78 is 10.6. The van der Waals surface area contributed by atoms with E-state index in [4.69, 9.17) is 9.26 Å². The molecule has 1 heterocycles. The molecule has 4 nitrogen and oxygen atoms in total. The molecule has 1 atom stereocenters. The first kappa shape index (κ1) is 17.2. The van der Waals surface area contributed by atoms with Gasteiger partial charge in [0.2, 0.25) is 0 Å². The Balaban J connectivity index is 1.89. The van der Waals surface area contributed by atoms with Crippen LogP contribution in [-0.4, -0.2) is 12.3 Å². The van der Waals surface area contributed by atoms with Gasteiger partial charge in [0.15, 0.2) is 0 Å². The molecule has 1 aromatic heterocycles. The highest BCUT2D eigenvalue weighted by Gasteiger charge is 2.16. The van der Waals surface area contributed by atoms with E-state index in [0.717, 1.165) is 22.8 Å². The van der Waals surface area contributed by atoms with Crippen LogP contribution in [0.15, 0.2) is 53.1 Å². The number of benzene rings is 2. The van der Waals surface area contributed by atoms with Crippen LogP contribution in [0.1, 0.15) is 39.7 Å². The monoisotopic (exact) mass is 336 g/mol. The van der Waals surface area contributed by atoms with Crippen molar-refractivity contribution >= 4 is 0 Å². The lowest BCUT2D eigenvalue weighted by atomic mass is 9.97. The van der Waals surface area contributed by atoms with E-state index in [1.807, 2.05) is 26.0 Å². The van der Waals surface area contributed by atoms with Crippen molar-refractivity contribution in [2.75, 3.05) is 7.11 Å². The Morgan fingerprint density at radius 1 is 0.960 bits per heavy atom. The number of ether oxygens (including phenoxy) is 1. The molecule has 0 aliphatic heterocycles. The molecule has 0 saturated heterocycles. The first-order valence-corrected chi connectivity index (χ1v) is 8.44. The summed E-state index contributed by atoms with van der Waals surface area (Å²) in [5, 5.41) is 7.69. The van der Waals surface area contributed by atoms with Crippen LogP contribution in [-0.2, 0) is 6.54 Å². The smallest absolute Gasteiger partial charge is 0.138 e. The Morgan fingerprint density at radius 3 is 2.08 bits per heavy atom. The number of methoxy groups -OCH3 is 1. The summed E-state index contributed by atoms with van der Waals surface area (Å²) in [6, 6.07) is 16.9. The number of nitrogens with zero attached hydrogens (tertiary/aromatic N) is 1. The molecule has 0 radical (unpaired) electrons. The average molecular weight is 336 g/mol. The standard InChI is InChI=1S/C21H24N2O2/c1-14-5-7-17(8-6-14)21(18-9-11-19(24-4)12-10-18)22-13-20-15(2)23-25-16(20)3/h5-12,21-22H,13H2,1-4H3. The molecule has 2 aromatic carbocycles. The maximum atomic E-state index is 5.28. The molecule has 1 unspecified atom stereocenters. The fraction of sp³-hybridized carbons (Fsp3) is 0.286. The van der Waals surface area contributed by atoms with Gasteiger partial charge in [-0.25, -0.2) is 0 Å². The van der Waals surface area contributed by atoms with Gasteiger partial charge in [-0.1, -0.05) is 47.1 Å². The summed E-state index contributed by atoms with van der Waals surface area (Å²) >= 11 is 0. The number of hydrogen-bond acceptors (Lipinski definition) is 4. The van der Waals surface area contributed by atoms with Crippen LogP contribution in [0.3, 0.4) is 0 Å². The van der Waals surface area contributed by atoms with Crippen LogP contribution in [0.5, 0.6) is 5.75 Å². The van der Waals surface area contributed by atoms with Gasteiger partial charge in [0.05, 0.1) is 18.8 Å². The Morgan fingerprint density at radius 2 is 1.56 bits per heavy atom. The van der Waals surface area contributed by atoms with Gasteiger partial charge in [-0.15, -0.1) is 0 Å². The molecule has 3 rings (SSSR count). The van der Waals surface area contributed by atoms with Crippen LogP contribution in [0, 0.1) is 20.8 Å². The van der Waals surface area contributed by atoms with E-state index in [1.54, 1.807) is 7.11 Å². The van der Waals surface area contributed by atoms with Crippen molar-refractivity contribution in [3.05, 3.63) is 82.2 Å². The van der Waals surface area contributed by atoms with Crippen LogP contribution in [0.4, 0.5) is 0 Å². The lowest BCUT2D eigenvalue weighted by Gasteiger charge is -2.20. The first-order chi connectivity index (χ1) is 12.1. The summed E-state index contributed by atoms with van der Waals surface area (Å²) in [6.07, 6.45) is 0. The van der Waals surface area contributed by atoms with Gasteiger partial charge >= 0.3 is 0 Å². The second-order valence-corrected chi connectivity index (χ2v) is 6.30. The van der Waals surface area contributed by atoms with Gasteiger partial charge < -0.3 is 14.6 Å². The quantitative estimate of drug-likeness (QED) is 0.720. The number of aryl methyl sites for hydroxylation is 3. The summed E-state index contributed by atoms with van der Waals surface area (Å²) in [6.45, 7) is 6.72. The SMILES string of the molecule is COc1ccc(C(NCc2c(C)noc2C)c2ccc(C)cc2)cc1. The van der Waals surface area contributed by atoms with Crippen LogP contribution >= 0.6 is 0 Å². The van der Waals surface area contributed by atoms with E-state index in [-0.39, 0.29) is 6.04 Å². The van der Waals surface area contributed by atoms with E-state index in [2.05, 4.69) is 53.8 Å². The third-order valence-electron chi connectivity index (χ3n) is 4.52. The van der Waals surface area contributed by atoms with E-state index >= 15 is 0 Å². The van der Waals surface area contributed by atoms with E-state index in [1.165, 1.54) is 16.7 Å². The van der Waals surface area contributed by atoms with Crippen LogP contribution in [0.2, 0.25) is 0 Å². The number of hydrogen-bond donors (Lipinski definition) is 1. The highest BCUT2D eigenvalue weighted by molar-refractivity contribution is 5.36. The summed E-state index contributed by atoms with van der Waals surface area (Å²) in [4.78, 5) is 0. The lowest BCUT2D eigenvalue weighted by molar-refractivity contribution is 0.391. The second-order valence-electron chi connectivity index (χ2n) is 6.30. The van der Waals surface area contributed by atoms with Crippen LogP contribution < -0.4 is 10.1 Å². The van der Waals surface area contributed by atoms with Crippen molar-refractivity contribution in [2.24, 2.45) is 0 Å². The molecule has 4 heteroatoms. The number of aromatic nitrogens is 1. The first-order valence-electron chi connectivity index (χ1n) is 8.44. The van der Waals surface area contributed by atoms with Gasteiger partial charge in [0.1, 0.15) is 11.5 Å². The zero-order valence-electron chi connectivity index (χ0n) is 15.2. The van der Waals surface area contributed by atoms with Gasteiger partial charge in [-0.05, 0) is 44.0 Å². The molecule has 0 aliphatic rings. The van der Waals surface area contributed by atoms with Gasteiger partial charge in [-0.3, -0.25) is 0 Å². The van der Waals surface area contributed by atoms with E-state index in [9.17, 15) is 0 Å². The maximum Gasteiger partial charge on any atom is 0.138 e. The third kappa shape index (κ3) is 3.91. The molecule has 25 heavy (non-hydrogen) atoms. The molecular weight excluding hydrogens is 312 g/mol. The average Bonchev–Trinajstić information content (AvgIpc) is 2.95. The minimum Gasteiger partial charge on any atom is -0.497 e. The van der Waals surface area contributed by atoms with Crippen molar-refractivity contribution in [3.8, 4) is 5.75 Å². The van der Waals surface area contributed by atoms with Gasteiger partial charge in [0.25, 0.3) is 0 Å². The Bertz CT molecular complexity index is 801. The Hall–Kier alpha value is -2.59. The second kappa shape index (κ2) is 7.53. The lowest BCUT2D eigenvalue weighted by Crippen LogP contribution is -2.22. The number of nitrogens with one attached hydrogen (secondary N) is 1. The zero-order valence-corrected chi connectivity index (χ0v) is 15.2. The fourth-order valence-electron chi connectivity index (χ4n) is 2.94. The van der Waals surface area contributed by atoms with E-state index in [0.29, 0.717) is 6.54 Å². The highest BCUT2D eigenvalue weighted by atomic mass is 16.5. The topological polar surface area (TPSA) is 47.3 Å². The maximum absolute atomic E-state index is 5.28. The highest BCUT2D eigenvalue weighted by Crippen LogP contribution is 2.25. The molecule has 0 bridgehead atoms. The minimum atomic E-state index is 0.0835. The Labute approximate surface area is 148 Å². The summed E-state index contributed by atoms with van der Waals surface area (Å²) in [5.74, 6) is 1.72. The molecule has 0 fully saturated rings.